The highest BCUT2D eigenvalue weighted by molar-refractivity contribution is 6.06. The van der Waals surface area contributed by atoms with Crippen LogP contribution in [0.25, 0.3) is 5.69 Å². The van der Waals surface area contributed by atoms with Gasteiger partial charge in [-0.05, 0) is 56.0 Å². The molecule has 16 nitrogen and oxygen atoms in total. The van der Waals surface area contributed by atoms with Crippen LogP contribution >= 0.6 is 0 Å². The number of anilines is 4. The summed E-state index contributed by atoms with van der Waals surface area (Å²) in [5.41, 5.74) is 5.09. The number of imide groups is 1. The first-order valence-electron chi connectivity index (χ1n) is 18.7. The largest absolute Gasteiger partial charge is 0.495 e. The Morgan fingerprint density at radius 1 is 1.07 bits per heavy atom. The molecule has 2 atom stereocenters. The number of aromatic nitrogens is 4. The molecule has 1 aliphatic carbocycles. The molecule has 1 saturated carbocycles. The number of nitrogens with zero attached hydrogens (tertiary/aromatic N) is 7. The van der Waals surface area contributed by atoms with E-state index in [0.29, 0.717) is 53.7 Å². The van der Waals surface area contributed by atoms with Crippen molar-refractivity contribution in [2.24, 2.45) is 0 Å². The van der Waals surface area contributed by atoms with Crippen LogP contribution in [0.4, 0.5) is 23.1 Å². The Hall–Kier alpha value is -6.50. The Balaban J connectivity index is 0.928. The lowest BCUT2D eigenvalue weighted by Crippen LogP contribution is -2.52. The molecule has 3 aliphatic heterocycles. The van der Waals surface area contributed by atoms with E-state index in [1.165, 1.54) is 12.0 Å². The highest BCUT2D eigenvalue weighted by atomic mass is 16.5. The molecule has 0 spiro atoms. The number of hydrogen-bond acceptors (Lipinski definition) is 12. The van der Waals surface area contributed by atoms with Crippen molar-refractivity contribution in [1.82, 2.24) is 35.1 Å². The number of fused-ring (bicyclic) bond motifs is 4. The summed E-state index contributed by atoms with van der Waals surface area (Å²) in [6, 6.07) is 12.3. The third kappa shape index (κ3) is 6.45. The predicted octanol–water partition coefficient (Wildman–Crippen LogP) is 4.10. The lowest BCUT2D eigenvalue weighted by molar-refractivity contribution is -0.136. The van der Waals surface area contributed by atoms with Crippen LogP contribution < -0.4 is 30.9 Å². The number of carbonyl (C=O) groups is 4. The van der Waals surface area contributed by atoms with Crippen molar-refractivity contribution in [3.8, 4) is 17.5 Å². The van der Waals surface area contributed by atoms with Crippen LogP contribution in [0.1, 0.15) is 95.6 Å². The lowest BCUT2D eigenvalue weighted by atomic mass is 10.0. The Bertz CT molecular complexity index is 2240. The number of imidazole rings is 1. The second-order valence-corrected chi connectivity index (χ2v) is 14.1. The van der Waals surface area contributed by atoms with Gasteiger partial charge in [0.2, 0.25) is 17.8 Å². The van der Waals surface area contributed by atoms with E-state index in [4.69, 9.17) is 9.72 Å². The van der Waals surface area contributed by atoms with Crippen molar-refractivity contribution in [3.05, 3.63) is 77.0 Å². The summed E-state index contributed by atoms with van der Waals surface area (Å²) in [6.45, 7) is 3.05. The molecule has 4 amide bonds. The molecule has 5 heterocycles. The third-order valence-electron chi connectivity index (χ3n) is 10.9. The maximum absolute atomic E-state index is 13.2. The number of piperidine rings is 1. The zero-order valence-corrected chi connectivity index (χ0v) is 30.6. The van der Waals surface area contributed by atoms with Gasteiger partial charge in [-0.25, -0.2) is 9.97 Å². The van der Waals surface area contributed by atoms with Crippen LogP contribution in [0.2, 0.25) is 0 Å². The van der Waals surface area contributed by atoms with Gasteiger partial charge < -0.3 is 30.5 Å². The fraction of sp³-hybridized carbons (Fsp3) is 0.385. The molecule has 4 aromatic rings. The van der Waals surface area contributed by atoms with Gasteiger partial charge in [0.1, 0.15) is 29.9 Å². The fourth-order valence-electron chi connectivity index (χ4n) is 8.30. The number of ether oxygens (including phenoxy) is 1. The van der Waals surface area contributed by atoms with Crippen LogP contribution in [0, 0.1) is 11.3 Å². The third-order valence-corrected chi connectivity index (χ3v) is 10.9. The van der Waals surface area contributed by atoms with Gasteiger partial charge in [-0.15, -0.1) is 0 Å². The number of hydrogen-bond donors (Lipinski definition) is 4. The molecule has 1 unspecified atom stereocenters. The second kappa shape index (κ2) is 14.7. The fourth-order valence-corrected chi connectivity index (χ4v) is 8.30. The van der Waals surface area contributed by atoms with Crippen LogP contribution in [-0.4, -0.2) is 80.3 Å². The number of methoxy groups -OCH3 is 1. The molecule has 1 saturated heterocycles. The quantitative estimate of drug-likeness (QED) is 0.127. The number of carbonyl (C=O) groups excluding carboxylic acids is 4. The Morgan fingerprint density at radius 3 is 2.67 bits per heavy atom. The van der Waals surface area contributed by atoms with Crippen molar-refractivity contribution in [1.29, 1.82) is 5.26 Å². The number of nitrogens with one attached hydrogen (secondary N) is 4. The molecule has 4 N–H and O–H groups in total. The normalized spacial score (nSPS) is 19.0. The van der Waals surface area contributed by atoms with Gasteiger partial charge in [0.15, 0.2) is 11.5 Å². The summed E-state index contributed by atoms with van der Waals surface area (Å²) in [4.78, 5) is 68.4. The highest BCUT2D eigenvalue weighted by Gasteiger charge is 2.41. The second-order valence-electron chi connectivity index (χ2n) is 14.1. The minimum Gasteiger partial charge on any atom is -0.495 e. The molecule has 0 radical (unpaired) electrons. The summed E-state index contributed by atoms with van der Waals surface area (Å²) in [5, 5.41) is 21.7. The van der Waals surface area contributed by atoms with Crippen molar-refractivity contribution >= 4 is 46.8 Å². The predicted molar refractivity (Wildman–Crippen MR) is 201 cm³/mol. The summed E-state index contributed by atoms with van der Waals surface area (Å²) in [6.07, 6.45) is 9.08. The Kier molecular flexibility index (Phi) is 9.51. The van der Waals surface area contributed by atoms with E-state index in [1.54, 1.807) is 42.9 Å². The molecular weight excluding hydrogens is 703 g/mol. The van der Waals surface area contributed by atoms with Gasteiger partial charge in [-0.1, -0.05) is 25.8 Å². The van der Waals surface area contributed by atoms with Gasteiger partial charge in [0.05, 0.1) is 30.7 Å². The number of benzene rings is 2. The molecular formula is C39H41N11O5. The lowest BCUT2D eigenvalue weighted by Gasteiger charge is -2.41. The van der Waals surface area contributed by atoms with Gasteiger partial charge >= 0.3 is 0 Å². The van der Waals surface area contributed by atoms with Crippen LogP contribution in [0.15, 0.2) is 48.9 Å². The summed E-state index contributed by atoms with van der Waals surface area (Å²) in [5.74, 6) is 0.273. The average molecular weight is 744 g/mol. The van der Waals surface area contributed by atoms with Crippen molar-refractivity contribution < 1.29 is 23.9 Å². The van der Waals surface area contributed by atoms with E-state index < -0.39 is 11.9 Å². The van der Waals surface area contributed by atoms with Crippen LogP contribution in [0.5, 0.6) is 5.75 Å². The zero-order chi connectivity index (χ0) is 38.2. The first-order chi connectivity index (χ1) is 26.8. The maximum Gasteiger partial charge on any atom is 0.255 e. The topological polar surface area (TPSA) is 200 Å². The number of rotatable bonds is 11. The zero-order valence-electron chi connectivity index (χ0n) is 30.6. The highest BCUT2D eigenvalue weighted by Crippen LogP contribution is 2.45. The molecule has 8 rings (SSSR count). The average Bonchev–Trinajstić information content (AvgIpc) is 3.96. The first-order valence-corrected chi connectivity index (χ1v) is 18.7. The smallest absolute Gasteiger partial charge is 0.255 e. The Morgan fingerprint density at radius 2 is 1.91 bits per heavy atom. The van der Waals surface area contributed by atoms with Gasteiger partial charge in [-0.2, -0.15) is 10.2 Å². The van der Waals surface area contributed by atoms with Crippen molar-refractivity contribution in [2.45, 2.75) is 76.5 Å². The van der Waals surface area contributed by atoms with Crippen molar-refractivity contribution in [3.63, 3.8) is 0 Å². The van der Waals surface area contributed by atoms with E-state index in [-0.39, 0.29) is 42.8 Å². The molecule has 55 heavy (non-hydrogen) atoms. The summed E-state index contributed by atoms with van der Waals surface area (Å²) < 4.78 is 7.62. The van der Waals surface area contributed by atoms with Crippen molar-refractivity contribution in [2.75, 3.05) is 35.7 Å². The minimum absolute atomic E-state index is 0.0499. The van der Waals surface area contributed by atoms with Gasteiger partial charge in [-0.3, -0.25) is 29.1 Å². The van der Waals surface area contributed by atoms with E-state index in [1.807, 2.05) is 10.6 Å². The summed E-state index contributed by atoms with van der Waals surface area (Å²) >= 11 is 0. The monoisotopic (exact) mass is 743 g/mol. The Labute approximate surface area is 317 Å². The van der Waals surface area contributed by atoms with Crippen LogP contribution in [0.3, 0.4) is 0 Å². The minimum atomic E-state index is -0.694. The van der Waals surface area contributed by atoms with E-state index in [2.05, 4.69) is 49.1 Å². The number of nitriles is 1. The van der Waals surface area contributed by atoms with Crippen LogP contribution in [-0.2, 0) is 16.1 Å². The standard InChI is InChI=1S/C39H41N11O5/c1-3-29-34-28(18-40)44-21-49(34)31-19-43-39(47-35(31)50(29)23-7-4-5-8-23)45-27-12-11-22(17-32(27)55-2)36(52)42-16-15-41-26-10-6-9-24-25(26)20-48(38(24)54)30-13-14-33(51)46-37(30)53/h6,9-12,17,19,21,23,29-30,41H,3-5,7-8,13-16,20H2,1-2H3,(H,42,52)(H,43,45,47)(H,46,51,53)/t29-,30?/m1/s1. The molecule has 16 heteroatoms. The maximum atomic E-state index is 13.2. The molecule has 282 valence electrons. The van der Waals surface area contributed by atoms with E-state index >= 15 is 0 Å². The molecule has 0 bridgehead atoms. The van der Waals surface area contributed by atoms with E-state index in [9.17, 15) is 24.4 Å². The molecule has 2 aromatic heterocycles. The number of amides is 4. The molecule has 2 aromatic carbocycles. The van der Waals surface area contributed by atoms with Gasteiger partial charge in [0.25, 0.3) is 11.8 Å². The first kappa shape index (κ1) is 35.5. The summed E-state index contributed by atoms with van der Waals surface area (Å²) in [7, 11) is 1.53. The van der Waals surface area contributed by atoms with E-state index in [0.717, 1.165) is 60.6 Å². The van der Waals surface area contributed by atoms with Gasteiger partial charge in [0, 0.05) is 54.5 Å². The molecule has 4 aliphatic rings. The SMILES string of the molecule is CC[C@@H]1c2c(C#N)ncn2-c2cnc(Nc3ccc(C(=O)NCCNc4cccc5c4CN(C4CCC(=O)NC4=O)C5=O)cc3OC)nc2N1C1CCCC1. The molecule has 2 fully saturated rings.